The first-order valence-electron chi connectivity index (χ1n) is 5.12. The molecule has 0 spiro atoms. The van der Waals surface area contributed by atoms with Crippen molar-refractivity contribution in [2.75, 3.05) is 7.05 Å². The third-order valence-electron chi connectivity index (χ3n) is 2.61. The van der Waals surface area contributed by atoms with Gasteiger partial charge in [0.05, 0.1) is 5.56 Å². The van der Waals surface area contributed by atoms with Crippen molar-refractivity contribution in [2.24, 2.45) is 0 Å². The molecule has 86 valence electrons. The third-order valence-corrected chi connectivity index (χ3v) is 2.61. The lowest BCUT2D eigenvalue weighted by Crippen LogP contribution is -2.18. The van der Waals surface area contributed by atoms with E-state index < -0.39 is 5.97 Å². The van der Waals surface area contributed by atoms with Gasteiger partial charge in [0.25, 0.3) is 5.91 Å². The van der Waals surface area contributed by atoms with Crippen molar-refractivity contribution in [3.63, 3.8) is 0 Å². The second-order valence-electron chi connectivity index (χ2n) is 3.59. The number of hydrogen-bond donors (Lipinski definition) is 2. The Bertz CT molecular complexity index is 599. The largest absolute Gasteiger partial charge is 0.478 e. The van der Waals surface area contributed by atoms with Crippen LogP contribution < -0.4 is 5.32 Å². The van der Waals surface area contributed by atoms with Gasteiger partial charge in [-0.1, -0.05) is 24.3 Å². The summed E-state index contributed by atoms with van der Waals surface area (Å²) in [5, 5.41) is 12.9. The van der Waals surface area contributed by atoms with Crippen LogP contribution in [0.25, 0.3) is 10.8 Å². The lowest BCUT2D eigenvalue weighted by Gasteiger charge is -2.07. The molecule has 1 amide bonds. The van der Waals surface area contributed by atoms with Gasteiger partial charge in [0.15, 0.2) is 0 Å². The summed E-state index contributed by atoms with van der Waals surface area (Å²) in [6.07, 6.45) is 0. The summed E-state index contributed by atoms with van der Waals surface area (Å²) in [4.78, 5) is 22.8. The summed E-state index contributed by atoms with van der Waals surface area (Å²) < 4.78 is 0. The summed E-state index contributed by atoms with van der Waals surface area (Å²) in [5.41, 5.74) is 0.518. The number of benzene rings is 2. The van der Waals surface area contributed by atoms with Crippen molar-refractivity contribution in [2.45, 2.75) is 0 Å². The van der Waals surface area contributed by atoms with Gasteiger partial charge in [-0.25, -0.2) is 4.79 Å². The zero-order chi connectivity index (χ0) is 12.4. The molecule has 0 aliphatic carbocycles. The number of carboxylic acid groups (broad SMARTS) is 1. The Hall–Kier alpha value is -2.36. The molecule has 2 N–H and O–H groups in total. The summed E-state index contributed by atoms with van der Waals surface area (Å²) in [5.74, 6) is -1.32. The molecule has 0 aromatic heterocycles. The van der Waals surface area contributed by atoms with Crippen LogP contribution in [0.2, 0.25) is 0 Å². The molecule has 2 aromatic carbocycles. The molecule has 17 heavy (non-hydrogen) atoms. The Kier molecular flexibility index (Phi) is 2.78. The number of aromatic carboxylic acids is 1. The summed E-state index contributed by atoms with van der Waals surface area (Å²) >= 11 is 0. The Morgan fingerprint density at radius 1 is 1.06 bits per heavy atom. The molecule has 0 heterocycles. The highest BCUT2D eigenvalue weighted by Crippen LogP contribution is 2.23. The lowest BCUT2D eigenvalue weighted by atomic mass is 9.99. The van der Waals surface area contributed by atoms with Gasteiger partial charge >= 0.3 is 5.97 Å². The Morgan fingerprint density at radius 2 is 1.65 bits per heavy atom. The maximum absolute atomic E-state index is 11.7. The third kappa shape index (κ3) is 1.85. The first kappa shape index (κ1) is 11.1. The zero-order valence-corrected chi connectivity index (χ0v) is 9.23. The molecule has 4 heteroatoms. The number of carbonyl (C=O) groups is 2. The summed E-state index contributed by atoms with van der Waals surface area (Å²) in [7, 11) is 1.52. The van der Waals surface area contributed by atoms with Crippen LogP contribution in [0.1, 0.15) is 20.7 Å². The highest BCUT2D eigenvalue weighted by Gasteiger charge is 2.15. The monoisotopic (exact) mass is 229 g/mol. The van der Waals surface area contributed by atoms with Crippen LogP contribution in [0.4, 0.5) is 0 Å². The Balaban J connectivity index is 2.85. The van der Waals surface area contributed by atoms with E-state index in [1.54, 1.807) is 30.3 Å². The first-order chi connectivity index (χ1) is 8.15. The molecule has 4 nitrogen and oxygen atoms in total. The topological polar surface area (TPSA) is 66.4 Å². The van der Waals surface area contributed by atoms with E-state index in [1.807, 2.05) is 0 Å². The number of carboxylic acids is 1. The van der Waals surface area contributed by atoms with E-state index in [0.29, 0.717) is 10.9 Å². The van der Waals surface area contributed by atoms with Crippen molar-refractivity contribution < 1.29 is 14.7 Å². The van der Waals surface area contributed by atoms with Crippen LogP contribution in [0.5, 0.6) is 0 Å². The van der Waals surface area contributed by atoms with E-state index in [2.05, 4.69) is 5.32 Å². The summed E-state index contributed by atoms with van der Waals surface area (Å²) in [6, 6.07) is 10.1. The maximum Gasteiger partial charge on any atom is 0.336 e. The molecule has 2 rings (SSSR count). The van der Waals surface area contributed by atoms with Gasteiger partial charge in [-0.2, -0.15) is 0 Å². The normalized spacial score (nSPS) is 10.2. The van der Waals surface area contributed by atoms with E-state index >= 15 is 0 Å². The van der Waals surface area contributed by atoms with Crippen LogP contribution in [0, 0.1) is 0 Å². The molecule has 0 radical (unpaired) electrons. The number of fused-ring (bicyclic) bond motifs is 1. The fourth-order valence-corrected chi connectivity index (χ4v) is 1.84. The number of amides is 1. The van der Waals surface area contributed by atoms with E-state index in [4.69, 9.17) is 5.11 Å². The van der Waals surface area contributed by atoms with Crippen LogP contribution in [0.3, 0.4) is 0 Å². The minimum absolute atomic E-state index is 0.140. The quantitative estimate of drug-likeness (QED) is 0.826. The molecule has 2 aromatic rings. The second-order valence-corrected chi connectivity index (χ2v) is 3.59. The lowest BCUT2D eigenvalue weighted by molar-refractivity contribution is 0.0699. The van der Waals surface area contributed by atoms with Crippen LogP contribution in [-0.4, -0.2) is 24.0 Å². The van der Waals surface area contributed by atoms with E-state index in [9.17, 15) is 9.59 Å². The smallest absolute Gasteiger partial charge is 0.336 e. The maximum atomic E-state index is 11.7. The van der Waals surface area contributed by atoms with Crippen LogP contribution in [-0.2, 0) is 0 Å². The van der Waals surface area contributed by atoms with Crippen molar-refractivity contribution in [3.8, 4) is 0 Å². The molecular formula is C13H11NO3. The predicted octanol–water partition coefficient (Wildman–Crippen LogP) is 1.90. The van der Waals surface area contributed by atoms with Crippen molar-refractivity contribution >= 4 is 22.6 Å². The molecule has 0 aliphatic heterocycles. The van der Waals surface area contributed by atoms with E-state index in [1.165, 1.54) is 13.1 Å². The Morgan fingerprint density at radius 3 is 2.18 bits per heavy atom. The first-order valence-corrected chi connectivity index (χ1v) is 5.12. The zero-order valence-electron chi connectivity index (χ0n) is 9.23. The Labute approximate surface area is 97.9 Å². The van der Waals surface area contributed by atoms with Gasteiger partial charge in [-0.05, 0) is 17.5 Å². The average molecular weight is 229 g/mol. The van der Waals surface area contributed by atoms with Gasteiger partial charge in [0.1, 0.15) is 0 Å². The molecule has 0 atom stereocenters. The second kappa shape index (κ2) is 4.25. The van der Waals surface area contributed by atoms with Crippen molar-refractivity contribution in [1.29, 1.82) is 0 Å². The highest BCUT2D eigenvalue weighted by molar-refractivity contribution is 6.14. The van der Waals surface area contributed by atoms with Gasteiger partial charge in [0.2, 0.25) is 0 Å². The van der Waals surface area contributed by atoms with Gasteiger partial charge in [0, 0.05) is 18.0 Å². The molecular weight excluding hydrogens is 218 g/mol. The molecule has 0 unspecified atom stereocenters. The molecule has 0 saturated carbocycles. The van der Waals surface area contributed by atoms with Crippen LogP contribution in [0.15, 0.2) is 36.4 Å². The van der Waals surface area contributed by atoms with Gasteiger partial charge < -0.3 is 10.4 Å². The van der Waals surface area contributed by atoms with E-state index in [0.717, 1.165) is 5.39 Å². The fraction of sp³-hybridized carbons (Fsp3) is 0.0769. The van der Waals surface area contributed by atoms with Crippen molar-refractivity contribution in [3.05, 3.63) is 47.5 Å². The van der Waals surface area contributed by atoms with Crippen molar-refractivity contribution in [1.82, 2.24) is 5.32 Å². The summed E-state index contributed by atoms with van der Waals surface area (Å²) in [6.45, 7) is 0. The molecule has 0 aliphatic rings. The van der Waals surface area contributed by atoms with Gasteiger partial charge in [-0.15, -0.1) is 0 Å². The van der Waals surface area contributed by atoms with Crippen LogP contribution >= 0.6 is 0 Å². The average Bonchev–Trinajstić information content (AvgIpc) is 2.36. The predicted molar refractivity (Wildman–Crippen MR) is 64.3 cm³/mol. The number of nitrogens with one attached hydrogen (secondary N) is 1. The highest BCUT2D eigenvalue weighted by atomic mass is 16.4. The standard InChI is InChI=1S/C13H11NO3/c1-14-12(15)9-6-2-4-8-5-3-7-10(11(8)9)13(16)17/h2-7H,1H3,(H,14,15)(H,16,17). The number of hydrogen-bond acceptors (Lipinski definition) is 2. The fourth-order valence-electron chi connectivity index (χ4n) is 1.84. The number of rotatable bonds is 2. The minimum atomic E-state index is -1.04. The van der Waals surface area contributed by atoms with Gasteiger partial charge in [-0.3, -0.25) is 4.79 Å². The minimum Gasteiger partial charge on any atom is -0.478 e. The molecule has 0 fully saturated rings. The molecule has 0 saturated heterocycles. The van der Waals surface area contributed by atoms with E-state index in [-0.39, 0.29) is 11.5 Å². The molecule has 0 bridgehead atoms. The SMILES string of the molecule is CNC(=O)c1cccc2cccc(C(=O)O)c12. The number of carbonyl (C=O) groups excluding carboxylic acids is 1.